The lowest BCUT2D eigenvalue weighted by Crippen LogP contribution is -2.28. The second kappa shape index (κ2) is 16.7. The fourth-order valence-corrected chi connectivity index (χ4v) is 6.79. The summed E-state index contributed by atoms with van der Waals surface area (Å²) >= 11 is 0. The molecular formula is C39H51F3N4O3. The van der Waals surface area contributed by atoms with E-state index in [1.807, 2.05) is 18.9 Å². The van der Waals surface area contributed by atoms with Gasteiger partial charge in [-0.25, -0.2) is 0 Å². The van der Waals surface area contributed by atoms with Crippen LogP contribution in [-0.4, -0.2) is 53.5 Å². The highest BCUT2D eigenvalue weighted by molar-refractivity contribution is 6.10. The van der Waals surface area contributed by atoms with Gasteiger partial charge in [-0.2, -0.15) is 13.2 Å². The maximum atomic E-state index is 14.0. The van der Waals surface area contributed by atoms with E-state index in [4.69, 9.17) is 4.52 Å². The standard InChI is InChI=1S/C27H30F3N3O2.C9H13NO.C3H8/c1-4-25(34)32-13-11-19(16-32)10-12-31(3)18(2)20-14-22-23(24(15-20)27(28,29)30)17-33(26(22)35)21-8-6-5-7-9-21;1-6-3-8(4-6)9-7(2)5-11-10-9;1-3-2/h4-9,14-15,18-19H,1,10-13,16-17H2,2-3H3;5-6,8H,3-4H2,1-2H3;3H2,1-2H3. The molecule has 10 heteroatoms. The summed E-state index contributed by atoms with van der Waals surface area (Å²) in [7, 11) is 1.88. The number of amides is 2. The number of halogens is 3. The van der Waals surface area contributed by atoms with Gasteiger partial charge in [0, 0.05) is 41.9 Å². The SMILES string of the molecule is C=CC(=O)N1CCC(CCN(C)C(C)c2cc3c(c(C(F)(F)F)c2)CN(c2ccccc2)C3=O)C1.CCC.Cc1conc1C1CC(C)C1. The highest BCUT2D eigenvalue weighted by Crippen LogP contribution is 2.42. The van der Waals surface area contributed by atoms with Gasteiger partial charge in [-0.1, -0.05) is 57.1 Å². The van der Waals surface area contributed by atoms with Gasteiger partial charge in [-0.05, 0) is 106 Å². The Labute approximate surface area is 289 Å². The van der Waals surface area contributed by atoms with Crippen molar-refractivity contribution in [3.05, 3.63) is 94.9 Å². The number of para-hydroxylation sites is 1. The average Bonchev–Trinajstić information content (AvgIpc) is 3.80. The Morgan fingerprint density at radius 2 is 1.86 bits per heavy atom. The van der Waals surface area contributed by atoms with E-state index in [9.17, 15) is 22.8 Å². The first-order chi connectivity index (χ1) is 23.3. The average molecular weight is 681 g/mol. The molecule has 2 atom stereocenters. The largest absolute Gasteiger partial charge is 0.416 e. The predicted octanol–water partition coefficient (Wildman–Crippen LogP) is 9.20. The van der Waals surface area contributed by atoms with Crippen molar-refractivity contribution in [1.82, 2.24) is 15.0 Å². The van der Waals surface area contributed by atoms with E-state index < -0.39 is 17.6 Å². The molecule has 1 saturated carbocycles. The molecule has 266 valence electrons. The summed E-state index contributed by atoms with van der Waals surface area (Å²) in [6.45, 7) is 15.9. The Balaban J connectivity index is 0.000000320. The number of nitrogens with zero attached hydrogens (tertiary/aromatic N) is 4. The van der Waals surface area contributed by atoms with Crippen LogP contribution < -0.4 is 4.90 Å². The molecule has 1 aliphatic carbocycles. The molecule has 7 nitrogen and oxygen atoms in total. The summed E-state index contributed by atoms with van der Waals surface area (Å²) in [5.74, 6) is 1.44. The molecule has 0 radical (unpaired) electrons. The molecular weight excluding hydrogens is 629 g/mol. The lowest BCUT2D eigenvalue weighted by Gasteiger charge is -2.31. The second-order valence-electron chi connectivity index (χ2n) is 13.8. The normalized spacial score (nSPS) is 20.5. The second-order valence-corrected chi connectivity index (χ2v) is 13.8. The van der Waals surface area contributed by atoms with Crippen molar-refractivity contribution in [1.29, 1.82) is 0 Å². The Hall–Kier alpha value is -3.92. The smallest absolute Gasteiger partial charge is 0.364 e. The van der Waals surface area contributed by atoms with Crippen LogP contribution in [0.1, 0.15) is 110 Å². The molecule has 1 saturated heterocycles. The van der Waals surface area contributed by atoms with Gasteiger partial charge in [0.15, 0.2) is 0 Å². The number of alkyl halides is 3. The van der Waals surface area contributed by atoms with Gasteiger partial charge in [0.25, 0.3) is 5.91 Å². The molecule has 0 spiro atoms. The zero-order valence-corrected chi connectivity index (χ0v) is 29.7. The third-order valence-electron chi connectivity index (χ3n) is 9.79. The summed E-state index contributed by atoms with van der Waals surface area (Å²) < 4.78 is 47.0. The lowest BCUT2D eigenvalue weighted by molar-refractivity contribution is -0.138. The predicted molar refractivity (Wildman–Crippen MR) is 187 cm³/mol. The van der Waals surface area contributed by atoms with E-state index in [1.165, 1.54) is 47.6 Å². The van der Waals surface area contributed by atoms with Crippen molar-refractivity contribution in [2.75, 3.05) is 31.6 Å². The molecule has 2 amide bonds. The van der Waals surface area contributed by atoms with Gasteiger partial charge in [-0.15, -0.1) is 0 Å². The van der Waals surface area contributed by atoms with Crippen molar-refractivity contribution < 1.29 is 27.3 Å². The number of likely N-dealkylation sites (tertiary alicyclic amines) is 1. The maximum Gasteiger partial charge on any atom is 0.416 e. The fourth-order valence-electron chi connectivity index (χ4n) is 6.79. The Morgan fingerprint density at radius 3 is 2.43 bits per heavy atom. The van der Waals surface area contributed by atoms with E-state index >= 15 is 0 Å². The molecule has 0 N–H and O–H groups in total. The van der Waals surface area contributed by atoms with E-state index in [0.29, 0.717) is 42.7 Å². The zero-order valence-electron chi connectivity index (χ0n) is 29.7. The van der Waals surface area contributed by atoms with Crippen LogP contribution in [0.2, 0.25) is 0 Å². The molecule has 3 aliphatic rings. The lowest BCUT2D eigenvalue weighted by atomic mass is 9.74. The number of hydrogen-bond acceptors (Lipinski definition) is 5. The molecule has 2 fully saturated rings. The summed E-state index contributed by atoms with van der Waals surface area (Å²) in [4.78, 5) is 30.1. The summed E-state index contributed by atoms with van der Waals surface area (Å²) in [6, 6.07) is 11.3. The summed E-state index contributed by atoms with van der Waals surface area (Å²) in [5.41, 5.74) is 2.85. The molecule has 1 aromatic heterocycles. The highest BCUT2D eigenvalue weighted by atomic mass is 19.4. The number of benzene rings is 2. The number of aromatic nitrogens is 1. The minimum Gasteiger partial charge on any atom is -0.364 e. The first-order valence-electron chi connectivity index (χ1n) is 17.4. The first kappa shape index (κ1) is 37.9. The minimum atomic E-state index is -4.56. The van der Waals surface area contributed by atoms with Crippen molar-refractivity contribution in [3.63, 3.8) is 0 Å². The third kappa shape index (κ3) is 9.21. The van der Waals surface area contributed by atoms with Gasteiger partial charge >= 0.3 is 6.18 Å². The highest BCUT2D eigenvalue weighted by Gasteiger charge is 2.41. The summed E-state index contributed by atoms with van der Waals surface area (Å²) in [6.07, 6.45) is 4.06. The van der Waals surface area contributed by atoms with Crippen molar-refractivity contribution in [2.24, 2.45) is 11.8 Å². The van der Waals surface area contributed by atoms with Gasteiger partial charge in [0.2, 0.25) is 5.91 Å². The number of fused-ring (bicyclic) bond motifs is 1. The van der Waals surface area contributed by atoms with E-state index in [1.54, 1.807) is 47.6 Å². The van der Waals surface area contributed by atoms with Crippen LogP contribution >= 0.6 is 0 Å². The van der Waals surface area contributed by atoms with E-state index in [0.717, 1.165) is 18.8 Å². The molecule has 2 unspecified atom stereocenters. The molecule has 3 aromatic rings. The Morgan fingerprint density at radius 1 is 1.18 bits per heavy atom. The van der Waals surface area contributed by atoms with Gasteiger partial charge in [0.1, 0.15) is 6.26 Å². The number of hydrogen-bond donors (Lipinski definition) is 0. The number of carbonyl (C=O) groups excluding carboxylic acids is 2. The van der Waals surface area contributed by atoms with Crippen LogP contribution in [0.15, 0.2) is 65.9 Å². The van der Waals surface area contributed by atoms with Gasteiger partial charge in [0.05, 0.1) is 17.8 Å². The van der Waals surface area contributed by atoms with Crippen molar-refractivity contribution in [2.45, 2.75) is 91.4 Å². The first-order valence-corrected chi connectivity index (χ1v) is 17.4. The fraction of sp³-hybridized carbons (Fsp3) is 0.513. The summed E-state index contributed by atoms with van der Waals surface area (Å²) in [5, 5.41) is 4.00. The van der Waals surface area contributed by atoms with Crippen molar-refractivity contribution in [3.8, 4) is 0 Å². The molecule has 2 aliphatic heterocycles. The molecule has 6 rings (SSSR count). The number of carbonyl (C=O) groups is 2. The molecule has 3 heterocycles. The number of aryl methyl sites for hydroxylation is 1. The third-order valence-corrected chi connectivity index (χ3v) is 9.79. The van der Waals surface area contributed by atoms with Crippen LogP contribution in [0.3, 0.4) is 0 Å². The quantitative estimate of drug-likeness (QED) is 0.222. The number of rotatable bonds is 8. The minimum absolute atomic E-state index is 0.0305. The van der Waals surface area contributed by atoms with E-state index in [-0.39, 0.29) is 29.6 Å². The topological polar surface area (TPSA) is 69.9 Å². The van der Waals surface area contributed by atoms with Crippen LogP contribution in [0.25, 0.3) is 0 Å². The van der Waals surface area contributed by atoms with Gasteiger partial charge in [-0.3, -0.25) is 14.5 Å². The zero-order chi connectivity index (χ0) is 35.9. The Bertz CT molecular complexity index is 1570. The van der Waals surface area contributed by atoms with Crippen LogP contribution in [-0.2, 0) is 17.5 Å². The Kier molecular flexibility index (Phi) is 12.9. The monoisotopic (exact) mass is 680 g/mol. The molecule has 2 aromatic carbocycles. The van der Waals surface area contributed by atoms with E-state index in [2.05, 4.69) is 39.4 Å². The number of anilines is 1. The van der Waals surface area contributed by atoms with Crippen LogP contribution in [0, 0.1) is 18.8 Å². The molecule has 49 heavy (non-hydrogen) atoms. The van der Waals surface area contributed by atoms with Gasteiger partial charge < -0.3 is 14.3 Å². The molecule has 0 bridgehead atoms. The maximum absolute atomic E-state index is 14.0. The van der Waals surface area contributed by atoms with Crippen LogP contribution in [0.5, 0.6) is 0 Å². The van der Waals surface area contributed by atoms with Crippen LogP contribution in [0.4, 0.5) is 18.9 Å². The van der Waals surface area contributed by atoms with Crippen molar-refractivity contribution >= 4 is 17.5 Å².